The van der Waals surface area contributed by atoms with E-state index in [1.165, 1.54) is 0 Å². The molecule has 0 rings (SSSR count). The van der Waals surface area contributed by atoms with Crippen molar-refractivity contribution in [1.29, 1.82) is 0 Å². The Bertz CT molecular complexity index is 320. The molecule has 6 heteroatoms. The summed E-state index contributed by atoms with van der Waals surface area (Å²) in [5.74, 6) is -0.183. The number of hydrogen-bond acceptors (Lipinski definition) is 3. The van der Waals surface area contributed by atoms with Crippen LogP contribution in [0.25, 0.3) is 0 Å². The van der Waals surface area contributed by atoms with E-state index in [4.69, 9.17) is 0 Å². The van der Waals surface area contributed by atoms with E-state index >= 15 is 0 Å². The molecule has 15 heavy (non-hydrogen) atoms. The standard InChI is InChI=1S/C9H20N2O3S/c1-7(2)8(12)10-6-9(3,4)11-15(5,13)14/h7,11H,6H2,1-5H3,(H,10,12). The smallest absolute Gasteiger partial charge is 0.222 e. The first kappa shape index (κ1) is 14.4. The van der Waals surface area contributed by atoms with E-state index in [0.717, 1.165) is 6.26 Å². The Morgan fingerprint density at radius 1 is 1.33 bits per heavy atom. The van der Waals surface area contributed by atoms with E-state index in [0.29, 0.717) is 0 Å². The first-order chi connectivity index (χ1) is 6.53. The van der Waals surface area contributed by atoms with E-state index in [-0.39, 0.29) is 18.4 Å². The minimum absolute atomic E-state index is 0.0848. The SMILES string of the molecule is CC(C)C(=O)NCC(C)(C)NS(C)(=O)=O. The summed E-state index contributed by atoms with van der Waals surface area (Å²) in [6, 6.07) is 0. The lowest BCUT2D eigenvalue weighted by atomic mass is 10.1. The number of rotatable bonds is 5. The molecule has 0 saturated carbocycles. The first-order valence-corrected chi connectivity index (χ1v) is 6.69. The Kier molecular flexibility index (Phi) is 4.73. The van der Waals surface area contributed by atoms with Crippen LogP contribution in [0.5, 0.6) is 0 Å². The molecule has 0 saturated heterocycles. The maximum atomic E-state index is 11.3. The van der Waals surface area contributed by atoms with Gasteiger partial charge in [-0.3, -0.25) is 4.79 Å². The molecule has 0 aromatic rings. The minimum Gasteiger partial charge on any atom is -0.354 e. The lowest BCUT2D eigenvalue weighted by molar-refractivity contribution is -0.124. The van der Waals surface area contributed by atoms with Crippen LogP contribution >= 0.6 is 0 Å². The summed E-state index contributed by atoms with van der Waals surface area (Å²) in [5.41, 5.74) is -0.669. The van der Waals surface area contributed by atoms with E-state index in [1.807, 2.05) is 0 Å². The summed E-state index contributed by atoms with van der Waals surface area (Å²) in [5, 5.41) is 2.68. The van der Waals surface area contributed by atoms with Crippen molar-refractivity contribution >= 4 is 15.9 Å². The van der Waals surface area contributed by atoms with Crippen molar-refractivity contribution in [3.05, 3.63) is 0 Å². The Balaban J connectivity index is 4.22. The van der Waals surface area contributed by atoms with Crippen molar-refractivity contribution in [2.45, 2.75) is 33.2 Å². The molecular weight excluding hydrogens is 216 g/mol. The highest BCUT2D eigenvalue weighted by Crippen LogP contribution is 2.02. The zero-order valence-electron chi connectivity index (χ0n) is 9.92. The number of hydrogen-bond donors (Lipinski definition) is 2. The van der Waals surface area contributed by atoms with Crippen LogP contribution in [0, 0.1) is 5.92 Å². The summed E-state index contributed by atoms with van der Waals surface area (Å²) >= 11 is 0. The number of sulfonamides is 1. The van der Waals surface area contributed by atoms with Gasteiger partial charge in [-0.15, -0.1) is 0 Å². The largest absolute Gasteiger partial charge is 0.354 e. The Morgan fingerprint density at radius 3 is 2.13 bits per heavy atom. The average Bonchev–Trinajstić information content (AvgIpc) is 1.95. The highest BCUT2D eigenvalue weighted by molar-refractivity contribution is 7.88. The molecule has 90 valence electrons. The van der Waals surface area contributed by atoms with Crippen molar-refractivity contribution in [2.75, 3.05) is 12.8 Å². The third kappa shape index (κ3) is 7.33. The molecule has 0 heterocycles. The fourth-order valence-corrected chi connectivity index (χ4v) is 2.13. The molecule has 0 aliphatic heterocycles. The zero-order valence-corrected chi connectivity index (χ0v) is 10.7. The van der Waals surface area contributed by atoms with Gasteiger partial charge in [0.2, 0.25) is 15.9 Å². The van der Waals surface area contributed by atoms with E-state index in [2.05, 4.69) is 10.0 Å². The van der Waals surface area contributed by atoms with E-state index in [1.54, 1.807) is 27.7 Å². The fourth-order valence-electron chi connectivity index (χ4n) is 1.05. The highest BCUT2D eigenvalue weighted by Gasteiger charge is 2.23. The Morgan fingerprint density at radius 2 is 1.80 bits per heavy atom. The zero-order chi connectivity index (χ0) is 12.3. The minimum atomic E-state index is -3.25. The molecule has 0 aromatic heterocycles. The van der Waals surface area contributed by atoms with Crippen LogP contribution < -0.4 is 10.0 Å². The molecule has 0 aliphatic carbocycles. The van der Waals surface area contributed by atoms with Crippen LogP contribution in [0.1, 0.15) is 27.7 Å². The van der Waals surface area contributed by atoms with E-state index in [9.17, 15) is 13.2 Å². The number of carbonyl (C=O) groups is 1. The quantitative estimate of drug-likeness (QED) is 0.710. The normalized spacial score (nSPS) is 12.9. The maximum Gasteiger partial charge on any atom is 0.222 e. The molecule has 0 spiro atoms. The Labute approximate surface area is 91.7 Å². The van der Waals surface area contributed by atoms with Crippen molar-refractivity contribution < 1.29 is 13.2 Å². The molecular formula is C9H20N2O3S. The van der Waals surface area contributed by atoms with Crippen LogP contribution in [0.3, 0.4) is 0 Å². The molecule has 2 N–H and O–H groups in total. The monoisotopic (exact) mass is 236 g/mol. The van der Waals surface area contributed by atoms with Crippen LogP contribution in [-0.2, 0) is 14.8 Å². The van der Waals surface area contributed by atoms with Gasteiger partial charge in [0.15, 0.2) is 0 Å². The van der Waals surface area contributed by atoms with Crippen LogP contribution in [0.4, 0.5) is 0 Å². The van der Waals surface area contributed by atoms with Gasteiger partial charge >= 0.3 is 0 Å². The Hall–Kier alpha value is -0.620. The highest BCUT2D eigenvalue weighted by atomic mass is 32.2. The molecule has 0 aromatic carbocycles. The third-order valence-electron chi connectivity index (χ3n) is 1.69. The second kappa shape index (κ2) is 4.94. The van der Waals surface area contributed by atoms with Gasteiger partial charge in [-0.1, -0.05) is 13.8 Å². The van der Waals surface area contributed by atoms with Gasteiger partial charge in [-0.2, -0.15) is 0 Å². The average molecular weight is 236 g/mol. The molecule has 5 nitrogen and oxygen atoms in total. The van der Waals surface area contributed by atoms with Gasteiger partial charge in [0.25, 0.3) is 0 Å². The van der Waals surface area contributed by atoms with Crippen molar-refractivity contribution in [3.63, 3.8) is 0 Å². The number of nitrogens with one attached hydrogen (secondary N) is 2. The topological polar surface area (TPSA) is 75.3 Å². The van der Waals surface area contributed by atoms with Gasteiger partial charge in [0, 0.05) is 18.0 Å². The van der Waals surface area contributed by atoms with Gasteiger partial charge in [-0.05, 0) is 13.8 Å². The van der Waals surface area contributed by atoms with Gasteiger partial charge in [0.05, 0.1) is 6.26 Å². The first-order valence-electron chi connectivity index (χ1n) is 4.80. The lowest BCUT2D eigenvalue weighted by Gasteiger charge is -2.25. The van der Waals surface area contributed by atoms with E-state index < -0.39 is 15.6 Å². The second-order valence-corrected chi connectivity index (χ2v) is 6.38. The van der Waals surface area contributed by atoms with Gasteiger partial charge in [0.1, 0.15) is 0 Å². The predicted molar refractivity (Wildman–Crippen MR) is 59.9 cm³/mol. The molecule has 0 unspecified atom stereocenters. The molecule has 0 fully saturated rings. The lowest BCUT2D eigenvalue weighted by Crippen LogP contribution is -2.51. The van der Waals surface area contributed by atoms with Crippen molar-refractivity contribution in [3.8, 4) is 0 Å². The number of carbonyl (C=O) groups excluding carboxylic acids is 1. The summed E-state index contributed by atoms with van der Waals surface area (Å²) in [6.07, 6.45) is 1.10. The summed E-state index contributed by atoms with van der Waals surface area (Å²) in [6.45, 7) is 7.28. The van der Waals surface area contributed by atoms with Crippen molar-refractivity contribution in [2.24, 2.45) is 5.92 Å². The maximum absolute atomic E-state index is 11.3. The summed E-state index contributed by atoms with van der Waals surface area (Å²) < 4.78 is 24.5. The van der Waals surface area contributed by atoms with Crippen LogP contribution in [0.15, 0.2) is 0 Å². The molecule has 0 radical (unpaired) electrons. The molecule has 0 bridgehead atoms. The predicted octanol–water partition coefficient (Wildman–Crippen LogP) is 0.0864. The summed E-state index contributed by atoms with van der Waals surface area (Å²) in [4.78, 5) is 11.3. The van der Waals surface area contributed by atoms with Crippen LogP contribution in [-0.4, -0.2) is 32.7 Å². The second-order valence-electron chi connectivity index (χ2n) is 4.63. The molecule has 0 atom stereocenters. The third-order valence-corrected chi connectivity index (χ3v) is 2.61. The van der Waals surface area contributed by atoms with Crippen molar-refractivity contribution in [1.82, 2.24) is 10.0 Å². The van der Waals surface area contributed by atoms with Gasteiger partial charge < -0.3 is 5.32 Å². The summed E-state index contributed by atoms with van der Waals surface area (Å²) in [7, 11) is -3.25. The molecule has 1 amide bonds. The van der Waals surface area contributed by atoms with Crippen LogP contribution in [0.2, 0.25) is 0 Å². The fraction of sp³-hybridized carbons (Fsp3) is 0.889. The van der Waals surface area contributed by atoms with Gasteiger partial charge in [-0.25, -0.2) is 13.1 Å². The number of amides is 1. The molecule has 0 aliphatic rings.